The van der Waals surface area contributed by atoms with Gasteiger partial charge in [-0.05, 0) is 26.0 Å². The number of nitrogens with two attached hydrogens (primary N) is 1. The molecule has 0 aliphatic rings. The average Bonchev–Trinajstić information content (AvgIpc) is 1.35. The molecule has 1 nitrogen and oxygen atoms in total. The number of halogens is 1. The zero-order chi connectivity index (χ0) is 4.99. The van der Waals surface area contributed by atoms with E-state index in [2.05, 4.69) is 13.3 Å². The van der Waals surface area contributed by atoms with Crippen LogP contribution in [0.2, 0.25) is 0 Å². The molecule has 0 aromatic rings. The summed E-state index contributed by atoms with van der Waals surface area (Å²) < 4.78 is 0. The van der Waals surface area contributed by atoms with Gasteiger partial charge in [0, 0.05) is 0 Å². The second kappa shape index (κ2) is 6.87. The van der Waals surface area contributed by atoms with E-state index in [1.54, 1.807) is 0 Å². The van der Waals surface area contributed by atoms with Crippen LogP contribution in [0.15, 0.2) is 0 Å². The van der Waals surface area contributed by atoms with Crippen molar-refractivity contribution in [1.82, 2.24) is 0 Å². The van der Waals surface area contributed by atoms with Crippen LogP contribution in [0.4, 0.5) is 0 Å². The van der Waals surface area contributed by atoms with Crippen molar-refractivity contribution in [3.8, 4) is 0 Å². The highest BCUT2D eigenvalue weighted by Gasteiger charge is 1.84. The quantitative estimate of drug-likeness (QED) is 0.645. The van der Waals surface area contributed by atoms with Crippen molar-refractivity contribution in [2.45, 2.75) is 0 Å². The van der Waals surface area contributed by atoms with E-state index in [0.29, 0.717) is 0 Å². The van der Waals surface area contributed by atoms with E-state index in [0.717, 1.165) is 6.54 Å². The van der Waals surface area contributed by atoms with Gasteiger partial charge in [0.05, 0.1) is 0 Å². The van der Waals surface area contributed by atoms with Gasteiger partial charge in [-0.25, -0.2) is 0 Å². The molecular weight excluding hydrogens is 173 g/mol. The Balaban J connectivity index is 0. The van der Waals surface area contributed by atoms with E-state index in [9.17, 15) is 0 Å². The van der Waals surface area contributed by atoms with Crippen molar-refractivity contribution in [2.24, 2.45) is 5.73 Å². The zero-order valence-corrected chi connectivity index (χ0v) is 7.45. The summed E-state index contributed by atoms with van der Waals surface area (Å²) in [5.74, 6) is 0. The lowest BCUT2D eigenvalue weighted by molar-refractivity contribution is 1.14. The smallest absolute Gasteiger partial charge is 0.00380 e. The van der Waals surface area contributed by atoms with Gasteiger partial charge in [0.1, 0.15) is 0 Å². The molecule has 0 aromatic heterocycles. The van der Waals surface area contributed by atoms with Crippen LogP contribution in [0.3, 0.4) is 0 Å². The first-order valence-electron chi connectivity index (χ1n) is 2.12. The summed E-state index contributed by atoms with van der Waals surface area (Å²) in [7, 11) is 0.274. The lowest BCUT2D eigenvalue weighted by Gasteiger charge is -1.97. The Kier molecular flexibility index (Phi) is 10.6. The summed E-state index contributed by atoms with van der Waals surface area (Å²) >= 11 is 0. The molecular formula is C4H13BrNP. The Hall–Kier alpha value is 0.870. The molecule has 0 amide bonds. The van der Waals surface area contributed by atoms with E-state index in [1.165, 1.54) is 6.16 Å². The summed E-state index contributed by atoms with van der Waals surface area (Å²) in [6.07, 6.45) is 1.22. The van der Waals surface area contributed by atoms with Crippen LogP contribution in [-0.2, 0) is 0 Å². The fraction of sp³-hybridized carbons (Fsp3) is 1.00. The second-order valence-electron chi connectivity index (χ2n) is 1.59. The minimum atomic E-state index is 0. The molecule has 0 rings (SSSR count). The van der Waals surface area contributed by atoms with Gasteiger partial charge in [-0.15, -0.1) is 24.9 Å². The van der Waals surface area contributed by atoms with Gasteiger partial charge in [-0.2, -0.15) is 0 Å². The maximum absolute atomic E-state index is 5.25. The fourth-order valence-corrected chi connectivity index (χ4v) is 0.775. The zero-order valence-electron chi connectivity index (χ0n) is 4.85. The summed E-state index contributed by atoms with van der Waals surface area (Å²) in [4.78, 5) is 0. The Morgan fingerprint density at radius 3 is 1.86 bits per heavy atom. The molecule has 3 heteroatoms. The largest absolute Gasteiger partial charge is 0.330 e. The maximum atomic E-state index is 5.25. The first-order chi connectivity index (χ1) is 2.77. The van der Waals surface area contributed by atoms with Crippen molar-refractivity contribution < 1.29 is 0 Å². The average molecular weight is 186 g/mol. The Bertz CT molecular complexity index is 32.9. The highest BCUT2D eigenvalue weighted by Crippen LogP contribution is 2.21. The molecule has 0 heterocycles. The highest BCUT2D eigenvalue weighted by atomic mass is 79.9. The van der Waals surface area contributed by atoms with Gasteiger partial charge in [-0.1, -0.05) is 0 Å². The van der Waals surface area contributed by atoms with Crippen LogP contribution in [0.5, 0.6) is 0 Å². The molecule has 2 N–H and O–H groups in total. The molecule has 46 valence electrons. The molecule has 0 saturated carbocycles. The maximum Gasteiger partial charge on any atom is -0.00380 e. The van der Waals surface area contributed by atoms with E-state index in [4.69, 9.17) is 5.73 Å². The molecule has 0 radical (unpaired) electrons. The van der Waals surface area contributed by atoms with Crippen LogP contribution in [-0.4, -0.2) is 26.0 Å². The van der Waals surface area contributed by atoms with Gasteiger partial charge < -0.3 is 5.73 Å². The molecule has 0 unspecified atom stereocenters. The summed E-state index contributed by atoms with van der Waals surface area (Å²) in [5.41, 5.74) is 5.25. The van der Waals surface area contributed by atoms with Gasteiger partial charge >= 0.3 is 0 Å². The first kappa shape index (κ1) is 10.8. The minimum Gasteiger partial charge on any atom is -0.330 e. The predicted molar refractivity (Wildman–Crippen MR) is 43.0 cm³/mol. The highest BCUT2D eigenvalue weighted by molar-refractivity contribution is 8.93. The lowest BCUT2D eigenvalue weighted by Crippen LogP contribution is -2.01. The number of hydrogen-bond acceptors (Lipinski definition) is 1. The molecule has 0 fully saturated rings. The Labute approximate surface area is 57.2 Å². The third-order valence-corrected chi connectivity index (χ3v) is 1.73. The molecule has 0 saturated heterocycles. The van der Waals surface area contributed by atoms with E-state index in [-0.39, 0.29) is 24.9 Å². The van der Waals surface area contributed by atoms with Crippen molar-refractivity contribution in [3.63, 3.8) is 0 Å². The molecule has 7 heavy (non-hydrogen) atoms. The molecule has 0 aliphatic carbocycles. The first-order valence-corrected chi connectivity index (χ1v) is 4.54. The predicted octanol–water partition coefficient (Wildman–Crippen LogP) is 1.26. The molecule has 0 spiro atoms. The van der Waals surface area contributed by atoms with Gasteiger partial charge in [0.2, 0.25) is 0 Å². The summed E-state index contributed by atoms with van der Waals surface area (Å²) in [6.45, 7) is 5.34. The van der Waals surface area contributed by atoms with E-state index >= 15 is 0 Å². The van der Waals surface area contributed by atoms with Crippen molar-refractivity contribution in [1.29, 1.82) is 0 Å². The van der Waals surface area contributed by atoms with Crippen LogP contribution in [0.1, 0.15) is 0 Å². The van der Waals surface area contributed by atoms with Crippen LogP contribution >= 0.6 is 24.9 Å². The Morgan fingerprint density at radius 2 is 1.86 bits per heavy atom. The monoisotopic (exact) mass is 185 g/mol. The minimum absolute atomic E-state index is 0. The van der Waals surface area contributed by atoms with Crippen molar-refractivity contribution >= 4 is 24.9 Å². The van der Waals surface area contributed by atoms with Crippen LogP contribution in [0, 0.1) is 0 Å². The lowest BCUT2D eigenvalue weighted by atomic mass is 10.8. The third-order valence-electron chi connectivity index (χ3n) is 0.576. The third kappa shape index (κ3) is 10.9. The second-order valence-corrected chi connectivity index (χ2v) is 4.20. The van der Waals surface area contributed by atoms with Gasteiger partial charge in [0.25, 0.3) is 0 Å². The van der Waals surface area contributed by atoms with Gasteiger partial charge in [-0.3, -0.25) is 0 Å². The standard InChI is InChI=1S/C4H12NP.BrH/c1-6(2)4-3-5;/h3-5H2,1-2H3;1H. The summed E-state index contributed by atoms with van der Waals surface area (Å²) in [5, 5.41) is 0. The SMILES string of the molecule is Br.CP(C)CCN. The molecule has 0 bridgehead atoms. The van der Waals surface area contributed by atoms with Crippen molar-refractivity contribution in [3.05, 3.63) is 0 Å². The van der Waals surface area contributed by atoms with Crippen molar-refractivity contribution in [2.75, 3.05) is 26.0 Å². The number of hydrogen-bond donors (Lipinski definition) is 1. The molecule has 0 atom stereocenters. The van der Waals surface area contributed by atoms with E-state index in [1.807, 2.05) is 0 Å². The fourth-order valence-electron chi connectivity index (χ4n) is 0.258. The molecule has 0 aliphatic heterocycles. The Morgan fingerprint density at radius 1 is 1.43 bits per heavy atom. The van der Waals surface area contributed by atoms with Gasteiger partial charge in [0.15, 0.2) is 0 Å². The normalized spacial score (nSPS) is 8.57. The summed E-state index contributed by atoms with van der Waals surface area (Å²) in [6, 6.07) is 0. The number of rotatable bonds is 2. The molecule has 0 aromatic carbocycles. The van der Waals surface area contributed by atoms with Crippen LogP contribution in [0.25, 0.3) is 0 Å². The van der Waals surface area contributed by atoms with Crippen LogP contribution < -0.4 is 5.73 Å². The van der Waals surface area contributed by atoms with E-state index < -0.39 is 0 Å². The topological polar surface area (TPSA) is 26.0 Å².